The van der Waals surface area contributed by atoms with Crippen molar-refractivity contribution in [2.45, 2.75) is 20.0 Å². The van der Waals surface area contributed by atoms with Gasteiger partial charge in [0.2, 0.25) is 5.89 Å². The third-order valence-electron chi connectivity index (χ3n) is 2.93. The van der Waals surface area contributed by atoms with Crippen LogP contribution in [0.3, 0.4) is 0 Å². The molecule has 1 N–H and O–H groups in total. The predicted octanol–water partition coefficient (Wildman–Crippen LogP) is 2.70. The molecule has 1 aromatic carbocycles. The van der Waals surface area contributed by atoms with Crippen molar-refractivity contribution >= 4 is 11.6 Å². The molecule has 0 fully saturated rings. The first kappa shape index (κ1) is 13.3. The van der Waals surface area contributed by atoms with Crippen LogP contribution in [-0.4, -0.2) is 18.2 Å². The van der Waals surface area contributed by atoms with Crippen molar-refractivity contribution in [1.29, 1.82) is 0 Å². The van der Waals surface area contributed by atoms with Crippen molar-refractivity contribution in [3.63, 3.8) is 0 Å². The van der Waals surface area contributed by atoms with Gasteiger partial charge in [-0.05, 0) is 24.6 Å². The highest BCUT2D eigenvalue weighted by molar-refractivity contribution is 6.32. The van der Waals surface area contributed by atoms with Crippen LogP contribution in [-0.2, 0) is 13.1 Å². The molecule has 0 saturated carbocycles. The predicted molar refractivity (Wildman–Crippen MR) is 74.2 cm³/mol. The molecule has 0 aliphatic carbocycles. The molecule has 0 bridgehead atoms. The minimum absolute atomic E-state index is 0.536. The van der Waals surface area contributed by atoms with Gasteiger partial charge in [0.1, 0.15) is 19.0 Å². The summed E-state index contributed by atoms with van der Waals surface area (Å²) in [6, 6.07) is 3.82. The maximum atomic E-state index is 6.18. The van der Waals surface area contributed by atoms with Gasteiger partial charge in [-0.3, -0.25) is 0 Å². The van der Waals surface area contributed by atoms with Crippen molar-refractivity contribution in [2.24, 2.45) is 0 Å². The number of ether oxygens (including phenoxy) is 2. The van der Waals surface area contributed by atoms with Crippen molar-refractivity contribution in [2.75, 3.05) is 13.2 Å². The van der Waals surface area contributed by atoms with E-state index in [1.807, 2.05) is 19.1 Å². The van der Waals surface area contributed by atoms with E-state index in [0.717, 1.165) is 11.3 Å². The van der Waals surface area contributed by atoms with Gasteiger partial charge in [-0.2, -0.15) is 0 Å². The summed E-state index contributed by atoms with van der Waals surface area (Å²) < 4.78 is 16.4. The summed E-state index contributed by atoms with van der Waals surface area (Å²) in [5, 5.41) is 3.83. The SMILES string of the molecule is Cc1cnc(CNCc2cc(Cl)c3c(c2)OCCO3)o1. The van der Waals surface area contributed by atoms with E-state index in [9.17, 15) is 0 Å². The standard InChI is InChI=1S/C14H15ClN2O3/c1-9-6-17-13(20-9)8-16-7-10-4-11(15)14-12(5-10)18-2-3-19-14/h4-6,16H,2-3,7-8H2,1H3. The van der Waals surface area contributed by atoms with Crippen molar-refractivity contribution < 1.29 is 13.9 Å². The number of nitrogens with zero attached hydrogens (tertiary/aromatic N) is 1. The molecule has 5 nitrogen and oxygen atoms in total. The van der Waals surface area contributed by atoms with Gasteiger partial charge in [-0.25, -0.2) is 4.98 Å². The number of hydrogen-bond acceptors (Lipinski definition) is 5. The van der Waals surface area contributed by atoms with Crippen LogP contribution in [0.4, 0.5) is 0 Å². The van der Waals surface area contributed by atoms with Gasteiger partial charge in [0.15, 0.2) is 11.5 Å². The van der Waals surface area contributed by atoms with Crippen LogP contribution < -0.4 is 14.8 Å². The fourth-order valence-corrected chi connectivity index (χ4v) is 2.35. The van der Waals surface area contributed by atoms with E-state index in [-0.39, 0.29) is 0 Å². The summed E-state index contributed by atoms with van der Waals surface area (Å²) in [4.78, 5) is 4.13. The summed E-state index contributed by atoms with van der Waals surface area (Å²) in [6.45, 7) is 4.18. The molecule has 2 aromatic rings. The average Bonchev–Trinajstić information content (AvgIpc) is 2.85. The Bertz CT molecular complexity index is 612. The normalized spacial score (nSPS) is 13.5. The molecule has 0 radical (unpaired) electrons. The molecule has 106 valence electrons. The van der Waals surface area contributed by atoms with E-state index in [1.165, 1.54) is 0 Å². The highest BCUT2D eigenvalue weighted by Crippen LogP contribution is 2.38. The number of halogens is 1. The van der Waals surface area contributed by atoms with E-state index in [4.69, 9.17) is 25.5 Å². The van der Waals surface area contributed by atoms with Gasteiger partial charge in [0.25, 0.3) is 0 Å². The topological polar surface area (TPSA) is 56.5 Å². The third kappa shape index (κ3) is 2.89. The largest absolute Gasteiger partial charge is 0.486 e. The van der Waals surface area contributed by atoms with Gasteiger partial charge in [0.05, 0.1) is 17.8 Å². The molecule has 0 unspecified atom stereocenters. The number of oxazole rings is 1. The first-order chi connectivity index (χ1) is 9.72. The molecule has 0 spiro atoms. The van der Waals surface area contributed by atoms with Gasteiger partial charge in [0, 0.05) is 6.54 Å². The van der Waals surface area contributed by atoms with Crippen molar-refractivity contribution in [3.8, 4) is 11.5 Å². The number of aryl methyl sites for hydroxylation is 1. The molecule has 3 rings (SSSR count). The average molecular weight is 295 g/mol. The van der Waals surface area contributed by atoms with Crippen LogP contribution >= 0.6 is 11.6 Å². The molecule has 2 heterocycles. The summed E-state index contributed by atoms with van der Waals surface area (Å²) >= 11 is 6.18. The molecular formula is C14H15ClN2O3. The van der Waals surface area contributed by atoms with Crippen LogP contribution in [0, 0.1) is 6.92 Å². The fraction of sp³-hybridized carbons (Fsp3) is 0.357. The lowest BCUT2D eigenvalue weighted by atomic mass is 10.2. The van der Waals surface area contributed by atoms with E-state index in [0.29, 0.717) is 48.7 Å². The van der Waals surface area contributed by atoms with Crippen LogP contribution in [0.2, 0.25) is 5.02 Å². The highest BCUT2D eigenvalue weighted by atomic mass is 35.5. The monoisotopic (exact) mass is 294 g/mol. The quantitative estimate of drug-likeness (QED) is 0.939. The number of benzene rings is 1. The van der Waals surface area contributed by atoms with Crippen LogP contribution in [0.5, 0.6) is 11.5 Å². The number of nitrogens with one attached hydrogen (secondary N) is 1. The number of rotatable bonds is 4. The molecule has 1 aliphatic rings. The summed E-state index contributed by atoms with van der Waals surface area (Å²) in [5.41, 5.74) is 1.03. The Balaban J connectivity index is 1.64. The second-order valence-electron chi connectivity index (χ2n) is 4.57. The Morgan fingerprint density at radius 2 is 2.10 bits per heavy atom. The lowest BCUT2D eigenvalue weighted by molar-refractivity contribution is 0.171. The smallest absolute Gasteiger partial charge is 0.208 e. The molecule has 1 aliphatic heterocycles. The molecule has 0 atom stereocenters. The lowest BCUT2D eigenvalue weighted by Crippen LogP contribution is -2.17. The Hall–Kier alpha value is -1.72. The van der Waals surface area contributed by atoms with E-state index in [1.54, 1.807) is 6.20 Å². The van der Waals surface area contributed by atoms with E-state index < -0.39 is 0 Å². The summed E-state index contributed by atoms with van der Waals surface area (Å²) in [6.07, 6.45) is 1.71. The first-order valence-electron chi connectivity index (χ1n) is 6.42. The fourth-order valence-electron chi connectivity index (χ4n) is 2.06. The first-order valence-corrected chi connectivity index (χ1v) is 6.80. The Morgan fingerprint density at radius 3 is 2.90 bits per heavy atom. The maximum Gasteiger partial charge on any atom is 0.208 e. The van der Waals surface area contributed by atoms with E-state index in [2.05, 4.69) is 10.3 Å². The molecule has 20 heavy (non-hydrogen) atoms. The van der Waals surface area contributed by atoms with Crippen LogP contribution in [0.15, 0.2) is 22.7 Å². The van der Waals surface area contributed by atoms with Crippen molar-refractivity contribution in [3.05, 3.63) is 40.6 Å². The zero-order valence-electron chi connectivity index (χ0n) is 11.1. The molecule has 1 aromatic heterocycles. The molecular weight excluding hydrogens is 280 g/mol. The van der Waals surface area contributed by atoms with E-state index >= 15 is 0 Å². The Kier molecular flexibility index (Phi) is 3.80. The molecule has 0 amide bonds. The van der Waals surface area contributed by atoms with Gasteiger partial charge >= 0.3 is 0 Å². The maximum absolute atomic E-state index is 6.18. The second-order valence-corrected chi connectivity index (χ2v) is 4.98. The molecule has 6 heteroatoms. The number of aromatic nitrogens is 1. The number of hydrogen-bond donors (Lipinski definition) is 1. The number of fused-ring (bicyclic) bond motifs is 1. The van der Waals surface area contributed by atoms with Gasteiger partial charge < -0.3 is 19.2 Å². The third-order valence-corrected chi connectivity index (χ3v) is 3.21. The summed E-state index contributed by atoms with van der Waals surface area (Å²) in [5.74, 6) is 2.81. The zero-order valence-corrected chi connectivity index (χ0v) is 11.9. The highest BCUT2D eigenvalue weighted by Gasteiger charge is 2.16. The van der Waals surface area contributed by atoms with Gasteiger partial charge in [-0.15, -0.1) is 0 Å². The van der Waals surface area contributed by atoms with Gasteiger partial charge in [-0.1, -0.05) is 11.6 Å². The van der Waals surface area contributed by atoms with Crippen LogP contribution in [0.1, 0.15) is 17.2 Å². The minimum atomic E-state index is 0.536. The van der Waals surface area contributed by atoms with Crippen molar-refractivity contribution in [1.82, 2.24) is 10.3 Å². The van der Waals surface area contributed by atoms with Crippen LogP contribution in [0.25, 0.3) is 0 Å². The second kappa shape index (κ2) is 5.73. The zero-order chi connectivity index (χ0) is 13.9. The minimum Gasteiger partial charge on any atom is -0.486 e. The summed E-state index contributed by atoms with van der Waals surface area (Å²) in [7, 11) is 0. The Morgan fingerprint density at radius 1 is 1.25 bits per heavy atom. The lowest BCUT2D eigenvalue weighted by Gasteiger charge is -2.20. The Labute approximate surface area is 121 Å². The molecule has 0 saturated heterocycles.